The molecule has 5 nitrogen and oxygen atoms in total. The van der Waals surface area contributed by atoms with Crippen LogP contribution in [0.1, 0.15) is 16.1 Å². The van der Waals surface area contributed by atoms with Crippen LogP contribution in [0.3, 0.4) is 0 Å². The van der Waals surface area contributed by atoms with Gasteiger partial charge in [0.25, 0.3) is 0 Å². The normalized spacial score (nSPS) is 9.88. The Bertz CT molecular complexity index is 514. The lowest BCUT2D eigenvalue weighted by molar-refractivity contribution is 0.0691. The fraction of sp³-hybridized carbons (Fsp3) is 0.0833. The lowest BCUT2D eigenvalue weighted by atomic mass is 10.2. The smallest absolute Gasteiger partial charge is 0.358 e. The van der Waals surface area contributed by atoms with Crippen molar-refractivity contribution < 1.29 is 9.90 Å². The molecule has 0 aliphatic rings. The van der Waals surface area contributed by atoms with Crippen molar-refractivity contribution in [3.8, 4) is 0 Å². The first-order chi connectivity index (χ1) is 8.27. The number of nitrogens with zero attached hydrogens (tertiary/aromatic N) is 2. The van der Waals surface area contributed by atoms with Gasteiger partial charge >= 0.3 is 5.97 Å². The summed E-state index contributed by atoms with van der Waals surface area (Å²) in [5.74, 6) is -0.808. The Hall–Kier alpha value is -2.43. The average Bonchev–Trinajstić information content (AvgIpc) is 2.38. The second-order valence-corrected chi connectivity index (χ2v) is 3.40. The minimum Gasteiger partial charge on any atom is -0.476 e. The Kier molecular flexibility index (Phi) is 3.30. The van der Waals surface area contributed by atoms with Crippen molar-refractivity contribution in [1.82, 2.24) is 9.97 Å². The van der Waals surface area contributed by atoms with E-state index < -0.39 is 5.97 Å². The molecule has 0 spiro atoms. The molecule has 17 heavy (non-hydrogen) atoms. The molecule has 2 aromatic rings. The Labute approximate surface area is 98.2 Å². The molecular formula is C12H11N3O2. The zero-order valence-electron chi connectivity index (χ0n) is 9.00. The fourth-order valence-electron chi connectivity index (χ4n) is 1.41. The highest BCUT2D eigenvalue weighted by atomic mass is 16.4. The highest BCUT2D eigenvalue weighted by molar-refractivity contribution is 5.90. The van der Waals surface area contributed by atoms with Gasteiger partial charge in [-0.2, -0.15) is 0 Å². The summed E-state index contributed by atoms with van der Waals surface area (Å²) >= 11 is 0. The molecule has 2 rings (SSSR count). The number of aromatic carboxylic acids is 1. The van der Waals surface area contributed by atoms with Crippen molar-refractivity contribution in [1.29, 1.82) is 0 Å². The number of nitrogens with one attached hydrogen (secondary N) is 1. The van der Waals surface area contributed by atoms with Gasteiger partial charge in [0.1, 0.15) is 0 Å². The first-order valence-electron chi connectivity index (χ1n) is 5.09. The van der Waals surface area contributed by atoms with Gasteiger partial charge in [0.05, 0.1) is 0 Å². The van der Waals surface area contributed by atoms with Gasteiger partial charge in [0.2, 0.25) is 0 Å². The zero-order valence-corrected chi connectivity index (χ0v) is 9.00. The zero-order chi connectivity index (χ0) is 12.1. The van der Waals surface area contributed by atoms with Gasteiger partial charge in [-0.15, -0.1) is 0 Å². The number of carbonyl (C=O) groups is 1. The summed E-state index contributed by atoms with van der Waals surface area (Å²) in [6.07, 6.45) is 2.82. The number of rotatable bonds is 4. The van der Waals surface area contributed by atoms with Gasteiger partial charge in [-0.1, -0.05) is 30.3 Å². The van der Waals surface area contributed by atoms with E-state index >= 15 is 0 Å². The molecule has 0 atom stereocenters. The third kappa shape index (κ3) is 2.78. The van der Waals surface area contributed by atoms with E-state index in [-0.39, 0.29) is 11.5 Å². The molecule has 0 saturated carbocycles. The standard InChI is InChI=1S/C12H11N3O2/c16-12(17)10-11(14-7-6-13-10)15-8-9-4-2-1-3-5-9/h1-7H,8H2,(H,14,15)(H,16,17). The van der Waals surface area contributed by atoms with Crippen molar-refractivity contribution in [3.63, 3.8) is 0 Å². The molecule has 0 saturated heterocycles. The van der Waals surface area contributed by atoms with Crippen molar-refractivity contribution in [2.75, 3.05) is 5.32 Å². The Morgan fingerprint density at radius 1 is 1.18 bits per heavy atom. The molecule has 5 heteroatoms. The largest absolute Gasteiger partial charge is 0.476 e. The van der Waals surface area contributed by atoms with Crippen LogP contribution in [-0.4, -0.2) is 21.0 Å². The predicted molar refractivity (Wildman–Crippen MR) is 62.8 cm³/mol. The van der Waals surface area contributed by atoms with Crippen LogP contribution in [-0.2, 0) is 6.54 Å². The van der Waals surface area contributed by atoms with E-state index in [1.807, 2.05) is 30.3 Å². The molecule has 0 unspecified atom stereocenters. The quantitative estimate of drug-likeness (QED) is 0.835. The van der Waals surface area contributed by atoms with Crippen LogP contribution in [0, 0.1) is 0 Å². The predicted octanol–water partition coefficient (Wildman–Crippen LogP) is 1.79. The number of carboxylic acids is 1. The van der Waals surface area contributed by atoms with Crippen LogP contribution in [0.25, 0.3) is 0 Å². The van der Waals surface area contributed by atoms with E-state index in [1.165, 1.54) is 12.4 Å². The Morgan fingerprint density at radius 3 is 2.59 bits per heavy atom. The van der Waals surface area contributed by atoms with E-state index in [4.69, 9.17) is 5.11 Å². The number of anilines is 1. The summed E-state index contributed by atoms with van der Waals surface area (Å²) in [5.41, 5.74) is 0.984. The molecular weight excluding hydrogens is 218 g/mol. The molecule has 86 valence electrons. The molecule has 2 N–H and O–H groups in total. The molecule has 0 amide bonds. The van der Waals surface area contributed by atoms with Crippen LogP contribution in [0.15, 0.2) is 42.7 Å². The second kappa shape index (κ2) is 5.07. The molecule has 0 radical (unpaired) electrons. The molecule has 0 aliphatic heterocycles. The average molecular weight is 229 g/mol. The monoisotopic (exact) mass is 229 g/mol. The van der Waals surface area contributed by atoms with E-state index in [2.05, 4.69) is 15.3 Å². The number of hydrogen-bond donors (Lipinski definition) is 2. The minimum absolute atomic E-state index is 0.0663. The SMILES string of the molecule is O=C(O)c1nccnc1NCc1ccccc1. The minimum atomic E-state index is -1.09. The van der Waals surface area contributed by atoms with Gasteiger partial charge < -0.3 is 10.4 Å². The first kappa shape index (κ1) is 11.1. The maximum Gasteiger partial charge on any atom is 0.358 e. The van der Waals surface area contributed by atoms with E-state index in [0.29, 0.717) is 6.54 Å². The molecule has 0 bridgehead atoms. The summed E-state index contributed by atoms with van der Waals surface area (Å²) in [4.78, 5) is 18.6. The first-order valence-corrected chi connectivity index (χ1v) is 5.09. The number of aromatic nitrogens is 2. The van der Waals surface area contributed by atoms with Gasteiger partial charge in [-0.05, 0) is 5.56 Å². The van der Waals surface area contributed by atoms with Gasteiger partial charge in [-0.3, -0.25) is 0 Å². The summed E-state index contributed by atoms with van der Waals surface area (Å²) in [6, 6.07) is 9.67. The van der Waals surface area contributed by atoms with E-state index in [1.54, 1.807) is 0 Å². The third-order valence-corrected chi connectivity index (χ3v) is 2.20. The summed E-state index contributed by atoms with van der Waals surface area (Å²) in [5, 5.41) is 11.9. The van der Waals surface area contributed by atoms with Crippen molar-refractivity contribution in [2.24, 2.45) is 0 Å². The van der Waals surface area contributed by atoms with E-state index in [0.717, 1.165) is 5.56 Å². The highest BCUT2D eigenvalue weighted by Crippen LogP contribution is 2.10. The maximum absolute atomic E-state index is 10.9. The van der Waals surface area contributed by atoms with Crippen LogP contribution >= 0.6 is 0 Å². The highest BCUT2D eigenvalue weighted by Gasteiger charge is 2.11. The van der Waals surface area contributed by atoms with Crippen molar-refractivity contribution >= 4 is 11.8 Å². The number of benzene rings is 1. The van der Waals surface area contributed by atoms with E-state index in [9.17, 15) is 4.79 Å². The van der Waals surface area contributed by atoms with Gasteiger partial charge in [0.15, 0.2) is 11.5 Å². The topological polar surface area (TPSA) is 75.1 Å². The third-order valence-electron chi connectivity index (χ3n) is 2.20. The molecule has 0 fully saturated rings. The maximum atomic E-state index is 10.9. The van der Waals surface area contributed by atoms with Crippen molar-refractivity contribution in [2.45, 2.75) is 6.54 Å². The fourth-order valence-corrected chi connectivity index (χ4v) is 1.41. The molecule has 1 aromatic heterocycles. The van der Waals surface area contributed by atoms with Gasteiger partial charge in [-0.25, -0.2) is 14.8 Å². The summed E-state index contributed by atoms with van der Waals surface area (Å²) in [6.45, 7) is 0.514. The van der Waals surface area contributed by atoms with Crippen LogP contribution in [0.4, 0.5) is 5.82 Å². The second-order valence-electron chi connectivity index (χ2n) is 3.40. The van der Waals surface area contributed by atoms with Crippen molar-refractivity contribution in [3.05, 3.63) is 54.0 Å². The molecule has 1 aromatic carbocycles. The van der Waals surface area contributed by atoms with Crippen LogP contribution in [0.5, 0.6) is 0 Å². The van der Waals surface area contributed by atoms with Crippen LogP contribution in [0.2, 0.25) is 0 Å². The Morgan fingerprint density at radius 2 is 1.88 bits per heavy atom. The number of hydrogen-bond acceptors (Lipinski definition) is 4. The lowest BCUT2D eigenvalue weighted by Gasteiger charge is -2.07. The summed E-state index contributed by atoms with van der Waals surface area (Å²) < 4.78 is 0. The number of carboxylic acid groups (broad SMARTS) is 1. The lowest BCUT2D eigenvalue weighted by Crippen LogP contribution is -2.09. The van der Waals surface area contributed by atoms with Crippen LogP contribution < -0.4 is 5.32 Å². The molecule has 1 heterocycles. The molecule has 0 aliphatic carbocycles. The Balaban J connectivity index is 2.12. The van der Waals surface area contributed by atoms with Gasteiger partial charge in [0, 0.05) is 18.9 Å². The summed E-state index contributed by atoms with van der Waals surface area (Å²) in [7, 11) is 0.